The molecule has 0 aromatic heterocycles. The zero-order chi connectivity index (χ0) is 12.6. The van der Waals surface area contributed by atoms with Crippen LogP contribution in [0.15, 0.2) is 54.6 Å². The van der Waals surface area contributed by atoms with E-state index in [0.29, 0.717) is 0 Å². The molecule has 3 heteroatoms. The highest BCUT2D eigenvalue weighted by molar-refractivity contribution is 7.98. The Morgan fingerprint density at radius 1 is 1.00 bits per heavy atom. The minimum atomic E-state index is 0.775. The minimum Gasteiger partial charge on any atom is -0.384 e. The fourth-order valence-electron chi connectivity index (χ4n) is 1.63. The summed E-state index contributed by atoms with van der Waals surface area (Å²) in [7, 11) is 0. The Labute approximate surface area is 118 Å². The molecular weight excluding hydrogens is 262 g/mol. The molecule has 0 fully saturated rings. The minimum absolute atomic E-state index is 0.775. The van der Waals surface area contributed by atoms with Crippen molar-refractivity contribution >= 4 is 29.1 Å². The number of halogens is 1. The summed E-state index contributed by atoms with van der Waals surface area (Å²) in [5, 5.41) is 4.14. The normalized spacial score (nSPS) is 10.3. The van der Waals surface area contributed by atoms with E-state index >= 15 is 0 Å². The predicted octanol–water partition coefficient (Wildman–Crippen LogP) is 4.69. The van der Waals surface area contributed by atoms with Crippen molar-refractivity contribution in [1.82, 2.24) is 0 Å². The summed E-state index contributed by atoms with van der Waals surface area (Å²) in [6, 6.07) is 18.4. The van der Waals surface area contributed by atoms with Crippen molar-refractivity contribution in [2.45, 2.75) is 5.75 Å². The van der Waals surface area contributed by atoms with Gasteiger partial charge in [-0.3, -0.25) is 0 Å². The molecule has 0 saturated carbocycles. The predicted molar refractivity (Wildman–Crippen MR) is 82.5 cm³/mol. The van der Waals surface area contributed by atoms with Crippen molar-refractivity contribution in [2.24, 2.45) is 0 Å². The summed E-state index contributed by atoms with van der Waals surface area (Å²) in [5.41, 5.74) is 2.47. The molecule has 2 rings (SSSR count). The van der Waals surface area contributed by atoms with Crippen LogP contribution in [0.1, 0.15) is 5.56 Å². The van der Waals surface area contributed by atoms with Crippen molar-refractivity contribution in [1.29, 1.82) is 0 Å². The van der Waals surface area contributed by atoms with Gasteiger partial charge in [0.25, 0.3) is 0 Å². The van der Waals surface area contributed by atoms with Gasteiger partial charge in [-0.2, -0.15) is 11.8 Å². The van der Waals surface area contributed by atoms with Gasteiger partial charge in [-0.25, -0.2) is 0 Å². The van der Waals surface area contributed by atoms with E-state index < -0.39 is 0 Å². The number of thioether (sulfide) groups is 1. The maximum Gasteiger partial charge on any atom is 0.0426 e. The molecule has 0 aliphatic heterocycles. The van der Waals surface area contributed by atoms with Crippen LogP contribution in [0, 0.1) is 0 Å². The van der Waals surface area contributed by atoms with Crippen molar-refractivity contribution in [3.8, 4) is 0 Å². The molecule has 2 aromatic carbocycles. The summed E-state index contributed by atoms with van der Waals surface area (Å²) in [6.07, 6.45) is 0. The maximum absolute atomic E-state index is 5.92. The smallest absolute Gasteiger partial charge is 0.0426 e. The van der Waals surface area contributed by atoms with Crippen LogP contribution in [-0.4, -0.2) is 12.3 Å². The van der Waals surface area contributed by atoms with Gasteiger partial charge in [0.05, 0.1) is 0 Å². The summed E-state index contributed by atoms with van der Waals surface area (Å²) < 4.78 is 0. The lowest BCUT2D eigenvalue weighted by atomic mass is 10.2. The Hall–Kier alpha value is -1.12. The van der Waals surface area contributed by atoms with E-state index in [2.05, 4.69) is 35.6 Å². The van der Waals surface area contributed by atoms with Crippen LogP contribution in [0.2, 0.25) is 5.02 Å². The third kappa shape index (κ3) is 4.63. The molecule has 94 valence electrons. The molecule has 0 saturated heterocycles. The van der Waals surface area contributed by atoms with E-state index in [1.165, 1.54) is 5.56 Å². The van der Waals surface area contributed by atoms with Gasteiger partial charge in [-0.05, 0) is 23.8 Å². The quantitative estimate of drug-likeness (QED) is 0.769. The lowest BCUT2D eigenvalue weighted by Crippen LogP contribution is -2.03. The number of hydrogen-bond acceptors (Lipinski definition) is 2. The van der Waals surface area contributed by atoms with Crippen molar-refractivity contribution in [3.05, 3.63) is 65.2 Å². The van der Waals surface area contributed by atoms with Gasteiger partial charge in [0.15, 0.2) is 0 Å². The maximum atomic E-state index is 5.92. The Kier molecular flexibility index (Phi) is 5.43. The fraction of sp³-hybridized carbons (Fsp3) is 0.200. The van der Waals surface area contributed by atoms with Gasteiger partial charge < -0.3 is 5.32 Å². The third-order valence-corrected chi connectivity index (χ3v) is 3.78. The van der Waals surface area contributed by atoms with E-state index in [-0.39, 0.29) is 0 Å². The van der Waals surface area contributed by atoms with E-state index in [1.54, 1.807) is 0 Å². The summed E-state index contributed by atoms with van der Waals surface area (Å²) in [4.78, 5) is 0. The number of anilines is 1. The average Bonchev–Trinajstić information content (AvgIpc) is 2.40. The number of rotatable bonds is 6. The zero-order valence-corrected chi connectivity index (χ0v) is 11.7. The second kappa shape index (κ2) is 7.34. The molecule has 0 spiro atoms. The molecule has 0 bridgehead atoms. The second-order valence-electron chi connectivity index (χ2n) is 3.98. The standard InChI is InChI=1S/C15H16ClNS/c16-14-7-4-8-15(11-14)17-9-10-18-12-13-5-2-1-3-6-13/h1-8,11,17H,9-10,12H2. The lowest BCUT2D eigenvalue weighted by molar-refractivity contribution is 1.22. The van der Waals surface area contributed by atoms with Crippen molar-refractivity contribution < 1.29 is 0 Å². The van der Waals surface area contributed by atoms with E-state index in [1.807, 2.05) is 36.0 Å². The second-order valence-corrected chi connectivity index (χ2v) is 5.52. The highest BCUT2D eigenvalue weighted by atomic mass is 35.5. The number of hydrogen-bond donors (Lipinski definition) is 1. The summed E-state index contributed by atoms with van der Waals surface area (Å²) in [5.74, 6) is 2.15. The first kappa shape index (κ1) is 13.3. The first-order chi connectivity index (χ1) is 8.84. The molecule has 0 radical (unpaired) electrons. The molecular formula is C15H16ClNS. The molecule has 0 aliphatic rings. The fourth-order valence-corrected chi connectivity index (χ4v) is 2.64. The van der Waals surface area contributed by atoms with Crippen LogP contribution < -0.4 is 5.32 Å². The topological polar surface area (TPSA) is 12.0 Å². The van der Waals surface area contributed by atoms with Crippen molar-refractivity contribution in [3.63, 3.8) is 0 Å². The van der Waals surface area contributed by atoms with Gasteiger partial charge >= 0.3 is 0 Å². The molecule has 0 aliphatic carbocycles. The SMILES string of the molecule is Clc1cccc(NCCSCc2ccccc2)c1. The van der Waals surface area contributed by atoms with Gasteiger partial charge in [0, 0.05) is 28.8 Å². The first-order valence-corrected chi connectivity index (χ1v) is 7.49. The molecule has 0 amide bonds. The van der Waals surface area contributed by atoms with Gasteiger partial charge in [0.2, 0.25) is 0 Å². The van der Waals surface area contributed by atoms with Crippen LogP contribution >= 0.6 is 23.4 Å². The first-order valence-electron chi connectivity index (χ1n) is 5.96. The molecule has 1 nitrogen and oxygen atoms in total. The van der Waals surface area contributed by atoms with E-state index in [0.717, 1.165) is 28.8 Å². The highest BCUT2D eigenvalue weighted by Crippen LogP contribution is 2.15. The third-order valence-electron chi connectivity index (χ3n) is 2.51. The molecule has 0 unspecified atom stereocenters. The average molecular weight is 278 g/mol. The van der Waals surface area contributed by atoms with Crippen LogP contribution in [-0.2, 0) is 5.75 Å². The van der Waals surface area contributed by atoms with Crippen molar-refractivity contribution in [2.75, 3.05) is 17.6 Å². The Balaban J connectivity index is 1.65. The number of benzene rings is 2. The van der Waals surface area contributed by atoms with Crippen LogP contribution in [0.5, 0.6) is 0 Å². The molecule has 2 aromatic rings. The van der Waals surface area contributed by atoms with Gasteiger partial charge in [-0.15, -0.1) is 0 Å². The lowest BCUT2D eigenvalue weighted by Gasteiger charge is -2.06. The molecule has 0 heterocycles. The highest BCUT2D eigenvalue weighted by Gasteiger charge is 1.94. The Bertz CT molecular complexity index is 473. The molecule has 0 atom stereocenters. The Morgan fingerprint density at radius 3 is 2.61 bits per heavy atom. The van der Waals surface area contributed by atoms with E-state index in [9.17, 15) is 0 Å². The summed E-state index contributed by atoms with van der Waals surface area (Å²) in [6.45, 7) is 0.956. The van der Waals surface area contributed by atoms with Gasteiger partial charge in [0.1, 0.15) is 0 Å². The largest absolute Gasteiger partial charge is 0.384 e. The zero-order valence-electron chi connectivity index (χ0n) is 10.1. The summed E-state index contributed by atoms with van der Waals surface area (Å²) >= 11 is 7.85. The van der Waals surface area contributed by atoms with Crippen LogP contribution in [0.4, 0.5) is 5.69 Å². The Morgan fingerprint density at radius 2 is 1.83 bits per heavy atom. The van der Waals surface area contributed by atoms with Gasteiger partial charge in [-0.1, -0.05) is 48.0 Å². The number of nitrogens with one attached hydrogen (secondary N) is 1. The van der Waals surface area contributed by atoms with Crippen LogP contribution in [0.25, 0.3) is 0 Å². The molecule has 1 N–H and O–H groups in total. The monoisotopic (exact) mass is 277 g/mol. The van der Waals surface area contributed by atoms with Crippen LogP contribution in [0.3, 0.4) is 0 Å². The molecule has 18 heavy (non-hydrogen) atoms. The van der Waals surface area contributed by atoms with E-state index in [4.69, 9.17) is 11.6 Å².